The summed E-state index contributed by atoms with van der Waals surface area (Å²) in [4.78, 5) is 14.3. The second kappa shape index (κ2) is 4.62. The molecular weight excluding hydrogens is 214 g/mol. The highest BCUT2D eigenvalue weighted by atomic mass is 16.1. The Labute approximate surface area is 101 Å². The first-order valence-electron chi connectivity index (χ1n) is 6.08. The van der Waals surface area contributed by atoms with Crippen molar-refractivity contribution in [1.82, 2.24) is 4.57 Å². The lowest BCUT2D eigenvalue weighted by atomic mass is 10.2. The van der Waals surface area contributed by atoms with Crippen molar-refractivity contribution in [2.75, 3.05) is 18.0 Å². The lowest BCUT2D eigenvalue weighted by molar-refractivity contribution is 0.696. The van der Waals surface area contributed by atoms with Crippen LogP contribution in [0, 0.1) is 18.3 Å². The van der Waals surface area contributed by atoms with Gasteiger partial charge in [-0.15, -0.1) is 0 Å². The van der Waals surface area contributed by atoms with Crippen LogP contribution in [0.4, 0.5) is 5.69 Å². The van der Waals surface area contributed by atoms with Crippen LogP contribution in [0.15, 0.2) is 10.9 Å². The van der Waals surface area contributed by atoms with Gasteiger partial charge in [0.15, 0.2) is 0 Å². The van der Waals surface area contributed by atoms with E-state index < -0.39 is 0 Å². The summed E-state index contributed by atoms with van der Waals surface area (Å²) in [5.74, 6) is 0. The summed E-state index contributed by atoms with van der Waals surface area (Å²) in [5.41, 5.74) is 1.88. The molecule has 0 amide bonds. The monoisotopic (exact) mass is 231 g/mol. The lowest BCUT2D eigenvalue weighted by Crippen LogP contribution is -2.29. The molecule has 1 saturated heterocycles. The van der Waals surface area contributed by atoms with Crippen molar-refractivity contribution < 1.29 is 0 Å². The van der Waals surface area contributed by atoms with Crippen molar-refractivity contribution >= 4 is 5.69 Å². The second-order valence-electron chi connectivity index (χ2n) is 4.40. The molecule has 0 aromatic carbocycles. The first-order valence-corrected chi connectivity index (χ1v) is 6.08. The molecule has 2 heterocycles. The van der Waals surface area contributed by atoms with Crippen LogP contribution in [0.3, 0.4) is 0 Å². The largest absolute Gasteiger partial charge is 0.370 e. The van der Waals surface area contributed by atoms with Crippen LogP contribution in [0.2, 0.25) is 0 Å². The number of nitriles is 1. The number of aromatic nitrogens is 1. The van der Waals surface area contributed by atoms with Gasteiger partial charge in [-0.25, -0.2) is 0 Å². The average molecular weight is 231 g/mol. The summed E-state index contributed by atoms with van der Waals surface area (Å²) in [7, 11) is 0. The van der Waals surface area contributed by atoms with E-state index in [0.717, 1.165) is 37.3 Å². The van der Waals surface area contributed by atoms with Crippen LogP contribution < -0.4 is 10.5 Å². The summed E-state index contributed by atoms with van der Waals surface area (Å²) in [6, 6.07) is 4.03. The number of anilines is 1. The van der Waals surface area contributed by atoms with Gasteiger partial charge in [0, 0.05) is 25.3 Å². The Morgan fingerprint density at radius 3 is 2.59 bits per heavy atom. The zero-order valence-corrected chi connectivity index (χ0v) is 10.4. The topological polar surface area (TPSA) is 49.0 Å². The Bertz CT molecular complexity index is 519. The molecule has 0 radical (unpaired) electrons. The highest BCUT2D eigenvalue weighted by Gasteiger charge is 2.19. The van der Waals surface area contributed by atoms with Gasteiger partial charge in [-0.05, 0) is 32.8 Å². The van der Waals surface area contributed by atoms with Crippen molar-refractivity contribution in [3.8, 4) is 6.07 Å². The second-order valence-corrected chi connectivity index (χ2v) is 4.40. The molecule has 2 rings (SSSR count). The number of pyridine rings is 1. The summed E-state index contributed by atoms with van der Waals surface area (Å²) >= 11 is 0. The molecule has 17 heavy (non-hydrogen) atoms. The van der Waals surface area contributed by atoms with Crippen molar-refractivity contribution in [3.05, 3.63) is 27.7 Å². The fourth-order valence-corrected chi connectivity index (χ4v) is 2.46. The van der Waals surface area contributed by atoms with E-state index in [2.05, 4.69) is 11.0 Å². The zero-order valence-electron chi connectivity index (χ0n) is 10.4. The molecule has 0 bridgehead atoms. The third kappa shape index (κ3) is 1.93. The SMILES string of the molecule is CCn1c(C)cc(N2CCCC2)c(C#N)c1=O. The molecule has 0 unspecified atom stereocenters. The Morgan fingerprint density at radius 1 is 1.41 bits per heavy atom. The molecule has 4 nitrogen and oxygen atoms in total. The normalized spacial score (nSPS) is 15.0. The van der Waals surface area contributed by atoms with Gasteiger partial charge in [0.25, 0.3) is 5.56 Å². The molecule has 1 aliphatic heterocycles. The maximum absolute atomic E-state index is 12.1. The first kappa shape index (κ1) is 11.7. The predicted octanol–water partition coefficient (Wildman–Crippen LogP) is 1.65. The molecule has 0 spiro atoms. The highest BCUT2D eigenvalue weighted by molar-refractivity contribution is 5.59. The maximum atomic E-state index is 12.1. The van der Waals surface area contributed by atoms with Gasteiger partial charge in [-0.2, -0.15) is 5.26 Å². The molecule has 0 atom stereocenters. The summed E-state index contributed by atoms with van der Waals surface area (Å²) < 4.78 is 1.65. The van der Waals surface area contributed by atoms with Gasteiger partial charge in [-0.1, -0.05) is 0 Å². The van der Waals surface area contributed by atoms with Crippen LogP contribution in [0.1, 0.15) is 31.0 Å². The van der Waals surface area contributed by atoms with Crippen molar-refractivity contribution in [1.29, 1.82) is 5.26 Å². The molecular formula is C13H17N3O. The van der Waals surface area contributed by atoms with Crippen molar-refractivity contribution in [3.63, 3.8) is 0 Å². The number of hydrogen-bond acceptors (Lipinski definition) is 3. The Morgan fingerprint density at radius 2 is 2.06 bits per heavy atom. The van der Waals surface area contributed by atoms with Gasteiger partial charge in [0.1, 0.15) is 11.6 Å². The lowest BCUT2D eigenvalue weighted by Gasteiger charge is -2.20. The molecule has 4 heteroatoms. The van der Waals surface area contributed by atoms with Crippen LogP contribution in [0.5, 0.6) is 0 Å². The Balaban J connectivity index is 2.60. The van der Waals surface area contributed by atoms with Crippen LogP contribution in [-0.2, 0) is 6.54 Å². The molecule has 1 aliphatic rings. The molecule has 0 aliphatic carbocycles. The van der Waals surface area contributed by atoms with E-state index in [1.54, 1.807) is 4.57 Å². The summed E-state index contributed by atoms with van der Waals surface area (Å²) in [6.45, 7) is 6.35. The van der Waals surface area contributed by atoms with Crippen molar-refractivity contribution in [2.45, 2.75) is 33.2 Å². The quantitative estimate of drug-likeness (QED) is 0.777. The van der Waals surface area contributed by atoms with Crippen LogP contribution in [0.25, 0.3) is 0 Å². The Hall–Kier alpha value is -1.76. The summed E-state index contributed by atoms with van der Waals surface area (Å²) in [5, 5.41) is 9.18. The highest BCUT2D eigenvalue weighted by Crippen LogP contribution is 2.23. The fraction of sp³-hybridized carbons (Fsp3) is 0.538. The van der Waals surface area contributed by atoms with Gasteiger partial charge < -0.3 is 9.47 Å². The molecule has 1 fully saturated rings. The fourth-order valence-electron chi connectivity index (χ4n) is 2.46. The van der Waals surface area contributed by atoms with Crippen LogP contribution in [-0.4, -0.2) is 17.7 Å². The molecule has 1 aromatic heterocycles. The zero-order chi connectivity index (χ0) is 12.4. The minimum Gasteiger partial charge on any atom is -0.370 e. The number of nitrogens with zero attached hydrogens (tertiary/aromatic N) is 3. The van der Waals surface area contributed by atoms with Gasteiger partial charge in [0.05, 0.1) is 5.69 Å². The van der Waals surface area contributed by atoms with Crippen LogP contribution >= 0.6 is 0 Å². The van der Waals surface area contributed by atoms with Gasteiger partial charge in [0.2, 0.25) is 0 Å². The van der Waals surface area contributed by atoms with E-state index in [1.165, 1.54) is 0 Å². The van der Waals surface area contributed by atoms with E-state index >= 15 is 0 Å². The third-order valence-corrected chi connectivity index (χ3v) is 3.36. The number of hydrogen-bond donors (Lipinski definition) is 0. The minimum absolute atomic E-state index is 0.156. The molecule has 0 saturated carbocycles. The molecule has 0 N–H and O–H groups in total. The number of rotatable bonds is 2. The smallest absolute Gasteiger partial charge is 0.270 e. The molecule has 90 valence electrons. The van der Waals surface area contributed by atoms with E-state index in [4.69, 9.17) is 0 Å². The number of aryl methyl sites for hydroxylation is 1. The maximum Gasteiger partial charge on any atom is 0.270 e. The van der Waals surface area contributed by atoms with E-state index in [9.17, 15) is 10.1 Å². The Kier molecular flexibility index (Phi) is 3.19. The predicted molar refractivity (Wildman–Crippen MR) is 67.3 cm³/mol. The first-order chi connectivity index (χ1) is 8.19. The standard InChI is InChI=1S/C13H17N3O/c1-3-16-10(2)8-12(11(9-14)13(16)17)15-6-4-5-7-15/h8H,3-7H2,1-2H3. The van der Waals surface area contributed by atoms with E-state index in [1.807, 2.05) is 19.9 Å². The molecule has 1 aromatic rings. The van der Waals surface area contributed by atoms with Gasteiger partial charge in [-0.3, -0.25) is 4.79 Å². The van der Waals surface area contributed by atoms with Crippen molar-refractivity contribution in [2.24, 2.45) is 0 Å². The average Bonchev–Trinajstić information content (AvgIpc) is 2.82. The van der Waals surface area contributed by atoms with E-state index in [0.29, 0.717) is 12.1 Å². The van der Waals surface area contributed by atoms with Gasteiger partial charge >= 0.3 is 0 Å². The minimum atomic E-state index is -0.156. The third-order valence-electron chi connectivity index (χ3n) is 3.36. The summed E-state index contributed by atoms with van der Waals surface area (Å²) in [6.07, 6.45) is 2.28. The van der Waals surface area contributed by atoms with E-state index in [-0.39, 0.29) is 5.56 Å².